The molecule has 2 aromatic carbocycles. The summed E-state index contributed by atoms with van der Waals surface area (Å²) in [7, 11) is 0. The van der Waals surface area contributed by atoms with E-state index in [1.165, 1.54) is 46.2 Å². The Morgan fingerprint density at radius 1 is 1.16 bits per heavy atom. The molecule has 2 saturated heterocycles. The summed E-state index contributed by atoms with van der Waals surface area (Å²) in [6.45, 7) is 0.161. The highest BCUT2D eigenvalue weighted by Crippen LogP contribution is 2.46. The molecule has 6 rings (SSSR count). The first kappa shape index (κ1) is 31.0. The number of hydrogen-bond donors (Lipinski definition) is 2. The molecular formula is C29H25IN6O4S4. The van der Waals surface area contributed by atoms with Crippen LogP contribution in [0.2, 0.25) is 0 Å². The van der Waals surface area contributed by atoms with Crippen molar-refractivity contribution in [2.45, 2.75) is 21.9 Å². The van der Waals surface area contributed by atoms with Crippen molar-refractivity contribution in [2.75, 3.05) is 23.8 Å². The van der Waals surface area contributed by atoms with Gasteiger partial charge >= 0.3 is 5.97 Å². The number of ether oxygens (including phenoxy) is 1. The fraction of sp³-hybridized carbons (Fsp3) is 0.241. The van der Waals surface area contributed by atoms with Gasteiger partial charge in [0, 0.05) is 23.4 Å². The van der Waals surface area contributed by atoms with Crippen molar-refractivity contribution in [3.63, 3.8) is 0 Å². The van der Waals surface area contributed by atoms with Crippen molar-refractivity contribution in [1.29, 1.82) is 0 Å². The monoisotopic (exact) mass is 776 g/mol. The van der Waals surface area contributed by atoms with Gasteiger partial charge in [-0.1, -0.05) is 106 Å². The van der Waals surface area contributed by atoms with Gasteiger partial charge in [-0.05, 0) is 15.2 Å². The second kappa shape index (κ2) is 13.6. The molecule has 2 aliphatic rings. The van der Waals surface area contributed by atoms with Crippen LogP contribution in [0.4, 0.5) is 5.13 Å². The van der Waals surface area contributed by atoms with E-state index in [1.807, 2.05) is 83.3 Å². The third kappa shape index (κ3) is 6.38. The normalized spacial score (nSPS) is 21.5. The van der Waals surface area contributed by atoms with Gasteiger partial charge in [0.05, 0.1) is 11.3 Å². The largest absolute Gasteiger partial charge is 0.452 e. The minimum atomic E-state index is -1.02. The van der Waals surface area contributed by atoms with E-state index in [9.17, 15) is 14.4 Å². The Kier molecular flexibility index (Phi) is 9.56. The first-order valence-electron chi connectivity index (χ1n) is 13.3. The molecule has 2 amide bonds. The summed E-state index contributed by atoms with van der Waals surface area (Å²) in [5, 5.41) is 12.7. The maximum absolute atomic E-state index is 14.3. The summed E-state index contributed by atoms with van der Waals surface area (Å²) in [5.41, 5.74) is 8.88. The molecule has 4 aromatic rings. The SMILES string of the molecule is Nc1nc(C(=CI)C(=O)NC2C(=O)N3CC(CSc4nncs4)(C(=O)OC(c4ccccc4)c4ccccc4)CS[C@H]23)cs1. The summed E-state index contributed by atoms with van der Waals surface area (Å²) in [4.78, 5) is 46.7. The van der Waals surface area contributed by atoms with Gasteiger partial charge in [0.1, 0.15) is 22.3 Å². The Morgan fingerprint density at radius 3 is 2.45 bits per heavy atom. The van der Waals surface area contributed by atoms with Crippen LogP contribution >= 0.6 is 68.8 Å². The van der Waals surface area contributed by atoms with Crippen molar-refractivity contribution in [3.05, 3.63) is 92.5 Å². The van der Waals surface area contributed by atoms with Crippen molar-refractivity contribution >= 4 is 97.3 Å². The lowest BCUT2D eigenvalue weighted by Gasteiger charge is -2.54. The van der Waals surface area contributed by atoms with Crippen LogP contribution in [0.25, 0.3) is 5.57 Å². The number of carbonyl (C=O) groups excluding carboxylic acids is 3. The van der Waals surface area contributed by atoms with Crippen LogP contribution < -0.4 is 11.1 Å². The van der Waals surface area contributed by atoms with Gasteiger partial charge in [-0.2, -0.15) is 0 Å². The molecule has 3 atom stereocenters. The highest BCUT2D eigenvalue weighted by atomic mass is 127. The Hall–Kier alpha value is -2.99. The molecule has 0 aliphatic carbocycles. The van der Waals surface area contributed by atoms with Crippen LogP contribution in [0.15, 0.2) is 80.0 Å². The molecule has 0 saturated carbocycles. The number of esters is 1. The predicted octanol–water partition coefficient (Wildman–Crippen LogP) is 4.86. The lowest BCUT2D eigenvalue weighted by atomic mass is 9.88. The molecule has 0 radical (unpaired) electrons. The maximum atomic E-state index is 14.3. The molecule has 0 bridgehead atoms. The van der Waals surface area contributed by atoms with Crippen molar-refractivity contribution < 1.29 is 19.1 Å². The van der Waals surface area contributed by atoms with Crippen molar-refractivity contribution in [2.24, 2.45) is 5.41 Å². The van der Waals surface area contributed by atoms with Gasteiger partial charge in [-0.3, -0.25) is 14.4 Å². The first-order valence-corrected chi connectivity index (χ1v) is 18.4. The summed E-state index contributed by atoms with van der Waals surface area (Å²) < 4.78 is 8.69. The van der Waals surface area contributed by atoms with Crippen LogP contribution in [0, 0.1) is 5.41 Å². The summed E-state index contributed by atoms with van der Waals surface area (Å²) in [6.07, 6.45) is -0.617. The number of carbonyl (C=O) groups is 3. The Balaban J connectivity index is 1.22. The Bertz CT molecular complexity index is 1630. The number of hydrogen-bond acceptors (Lipinski definition) is 12. The van der Waals surface area contributed by atoms with E-state index in [4.69, 9.17) is 10.5 Å². The van der Waals surface area contributed by atoms with Crippen LogP contribution in [0.5, 0.6) is 0 Å². The van der Waals surface area contributed by atoms with Crippen LogP contribution in [-0.4, -0.2) is 67.3 Å². The van der Waals surface area contributed by atoms with Crippen molar-refractivity contribution in [3.8, 4) is 0 Å². The zero-order valence-corrected chi connectivity index (χ0v) is 28.3. The van der Waals surface area contributed by atoms with E-state index < -0.39 is 29.4 Å². The number of nitrogen functional groups attached to an aromatic ring is 1. The standard InChI is InChI=1S/C29H25IN6O4S4/c30-11-19(20-12-41-27(31)33-20)23(37)34-21-24(38)36-13-29(14-42-25(21)36,15-43-28-35-32-16-44-28)26(39)40-22(17-7-3-1-4-8-17)18-9-5-2-6-10-18/h1-12,16,21-22,25H,13-15H2,(H2,31,33)(H,34,37)/t21?,25-,29?/m1/s1. The number of halogens is 1. The number of nitrogens with one attached hydrogen (secondary N) is 1. The number of aromatic nitrogens is 3. The molecule has 2 unspecified atom stereocenters. The lowest BCUT2D eigenvalue weighted by molar-refractivity contribution is -0.164. The zero-order valence-electron chi connectivity index (χ0n) is 22.9. The zero-order chi connectivity index (χ0) is 30.7. The average Bonchev–Trinajstić information content (AvgIpc) is 3.74. The predicted molar refractivity (Wildman–Crippen MR) is 182 cm³/mol. The molecule has 3 N–H and O–H groups in total. The number of β-lactam (4-membered cyclic amide) rings is 1. The van der Waals surface area contributed by atoms with Gasteiger partial charge in [0.2, 0.25) is 5.91 Å². The van der Waals surface area contributed by atoms with E-state index in [0.29, 0.717) is 27.9 Å². The number of nitrogens with two attached hydrogens (primary N) is 1. The number of thiazole rings is 1. The molecular weight excluding hydrogens is 752 g/mol. The highest BCUT2D eigenvalue weighted by Gasteiger charge is 2.58. The minimum absolute atomic E-state index is 0.161. The molecule has 4 heterocycles. The van der Waals surface area contributed by atoms with Gasteiger partial charge < -0.3 is 20.7 Å². The molecule has 2 fully saturated rings. The van der Waals surface area contributed by atoms with E-state index in [-0.39, 0.29) is 17.8 Å². The summed E-state index contributed by atoms with van der Waals surface area (Å²) >= 11 is 7.50. The summed E-state index contributed by atoms with van der Waals surface area (Å²) in [6, 6.07) is 18.5. The first-order chi connectivity index (χ1) is 21.4. The smallest absolute Gasteiger partial charge is 0.316 e. The highest BCUT2D eigenvalue weighted by molar-refractivity contribution is 14.1. The molecule has 2 aromatic heterocycles. The fourth-order valence-corrected chi connectivity index (χ4v) is 9.49. The number of nitrogens with zero attached hydrogens (tertiary/aromatic N) is 4. The molecule has 0 spiro atoms. The fourth-order valence-electron chi connectivity index (χ4n) is 4.99. The number of rotatable bonds is 10. The quantitative estimate of drug-likeness (QED) is 0.0755. The van der Waals surface area contributed by atoms with E-state index >= 15 is 0 Å². The van der Waals surface area contributed by atoms with E-state index in [1.54, 1.807) is 19.9 Å². The Morgan fingerprint density at radius 2 is 1.86 bits per heavy atom. The third-order valence-corrected chi connectivity index (χ3v) is 12.3. The second-order valence-electron chi connectivity index (χ2n) is 10.1. The number of fused-ring (bicyclic) bond motifs is 1. The summed E-state index contributed by atoms with van der Waals surface area (Å²) in [5.74, 6) is -0.298. The van der Waals surface area contributed by atoms with Crippen LogP contribution in [-0.2, 0) is 19.1 Å². The Labute approximate surface area is 283 Å². The third-order valence-electron chi connectivity index (χ3n) is 7.26. The number of thioether (sulfide) groups is 2. The maximum Gasteiger partial charge on any atom is 0.316 e. The molecule has 226 valence electrons. The van der Waals surface area contributed by atoms with Gasteiger partial charge in [-0.25, -0.2) is 4.98 Å². The van der Waals surface area contributed by atoms with E-state index in [2.05, 4.69) is 20.5 Å². The molecule has 10 nitrogen and oxygen atoms in total. The van der Waals surface area contributed by atoms with Crippen molar-refractivity contribution in [1.82, 2.24) is 25.4 Å². The van der Waals surface area contributed by atoms with E-state index in [0.717, 1.165) is 15.5 Å². The minimum Gasteiger partial charge on any atom is -0.452 e. The average molecular weight is 777 g/mol. The number of benzene rings is 2. The molecule has 44 heavy (non-hydrogen) atoms. The van der Waals surface area contributed by atoms with Gasteiger partial charge in [-0.15, -0.1) is 33.3 Å². The second-order valence-corrected chi connectivity index (χ2v) is 14.8. The van der Waals surface area contributed by atoms with Gasteiger partial charge in [0.25, 0.3) is 5.91 Å². The number of amides is 2. The lowest BCUT2D eigenvalue weighted by Crippen LogP contribution is -2.74. The van der Waals surface area contributed by atoms with Crippen LogP contribution in [0.1, 0.15) is 22.9 Å². The van der Waals surface area contributed by atoms with Gasteiger partial charge in [0.15, 0.2) is 15.6 Å². The molecule has 2 aliphatic heterocycles. The topological polar surface area (TPSA) is 140 Å². The van der Waals surface area contributed by atoms with Crippen LogP contribution in [0.3, 0.4) is 0 Å². The molecule has 15 heteroatoms. The number of anilines is 1.